The minimum atomic E-state index is -0.0224. The van der Waals surface area contributed by atoms with Crippen molar-refractivity contribution in [2.24, 2.45) is 0 Å². The summed E-state index contributed by atoms with van der Waals surface area (Å²) in [6.07, 6.45) is 2.29. The van der Waals surface area contributed by atoms with Crippen LogP contribution in [0.15, 0.2) is 67.4 Å². The summed E-state index contributed by atoms with van der Waals surface area (Å²) in [5.74, 6) is 0.848. The first-order valence-corrected chi connectivity index (χ1v) is 6.27. The van der Waals surface area contributed by atoms with Crippen molar-refractivity contribution in [3.8, 4) is 5.75 Å². The fourth-order valence-electron chi connectivity index (χ4n) is 2.01. The highest BCUT2D eigenvalue weighted by molar-refractivity contribution is 5.30. The van der Waals surface area contributed by atoms with E-state index in [1.165, 1.54) is 11.8 Å². The van der Waals surface area contributed by atoms with Crippen LogP contribution in [0.25, 0.3) is 0 Å². The average Bonchev–Trinajstić information content (AvgIpc) is 2.48. The highest BCUT2D eigenvalue weighted by atomic mass is 16.5. The van der Waals surface area contributed by atoms with Crippen LogP contribution in [0.4, 0.5) is 0 Å². The summed E-state index contributed by atoms with van der Waals surface area (Å²) in [6, 6.07) is 18.2. The molecule has 19 heavy (non-hydrogen) atoms. The first-order chi connectivity index (χ1) is 9.33. The summed E-state index contributed by atoms with van der Waals surface area (Å²) in [7, 11) is 1.66. The highest BCUT2D eigenvalue weighted by Gasteiger charge is 2.12. The van der Waals surface area contributed by atoms with E-state index < -0.39 is 0 Å². The smallest absolute Gasteiger partial charge is 0.127 e. The van der Waals surface area contributed by atoms with Gasteiger partial charge in [-0.05, 0) is 23.3 Å². The molecule has 0 aromatic heterocycles. The molecule has 0 spiro atoms. The maximum atomic E-state index is 5.63. The highest BCUT2D eigenvalue weighted by Crippen LogP contribution is 2.24. The fourth-order valence-corrected chi connectivity index (χ4v) is 2.01. The van der Waals surface area contributed by atoms with Crippen LogP contribution in [0.2, 0.25) is 0 Å². The Bertz CT molecular complexity index is 503. The van der Waals surface area contributed by atoms with Crippen molar-refractivity contribution in [2.75, 3.05) is 7.11 Å². The molecule has 0 bridgehead atoms. The van der Waals surface area contributed by atoms with Crippen LogP contribution in [0.5, 0.6) is 5.75 Å². The molecule has 0 aliphatic rings. The average molecular weight is 254 g/mol. The standard InChI is InChI=1S/C17H18O2/c1-3-19-17(13-14-7-5-4-6-8-14)15-9-11-16(18-2)12-10-15/h3-12,17H,1,13H2,2H3/t17-/m0/s1. The van der Waals surface area contributed by atoms with E-state index in [2.05, 4.69) is 18.7 Å². The van der Waals surface area contributed by atoms with Crippen molar-refractivity contribution in [1.82, 2.24) is 0 Å². The Morgan fingerprint density at radius 3 is 2.32 bits per heavy atom. The second-order valence-corrected chi connectivity index (χ2v) is 4.25. The van der Waals surface area contributed by atoms with Gasteiger partial charge in [-0.25, -0.2) is 0 Å². The van der Waals surface area contributed by atoms with Crippen LogP contribution in [0, 0.1) is 0 Å². The Kier molecular flexibility index (Phi) is 4.62. The van der Waals surface area contributed by atoms with Gasteiger partial charge in [0.05, 0.1) is 13.4 Å². The molecule has 0 heterocycles. The normalized spacial score (nSPS) is 11.6. The number of hydrogen-bond donors (Lipinski definition) is 0. The third-order valence-corrected chi connectivity index (χ3v) is 3.01. The molecule has 0 N–H and O–H groups in total. The Balaban J connectivity index is 2.16. The number of ether oxygens (including phenoxy) is 2. The van der Waals surface area contributed by atoms with Gasteiger partial charge >= 0.3 is 0 Å². The number of rotatable bonds is 6. The largest absolute Gasteiger partial charge is 0.497 e. The third kappa shape index (κ3) is 3.62. The first-order valence-electron chi connectivity index (χ1n) is 6.27. The van der Waals surface area contributed by atoms with Crippen LogP contribution >= 0.6 is 0 Å². The summed E-state index contributed by atoms with van der Waals surface area (Å²) in [5.41, 5.74) is 2.36. The molecule has 0 fully saturated rings. The van der Waals surface area contributed by atoms with Crippen LogP contribution in [0.3, 0.4) is 0 Å². The summed E-state index contributed by atoms with van der Waals surface area (Å²) >= 11 is 0. The van der Waals surface area contributed by atoms with E-state index in [1.54, 1.807) is 7.11 Å². The van der Waals surface area contributed by atoms with E-state index in [9.17, 15) is 0 Å². The molecule has 2 nitrogen and oxygen atoms in total. The van der Waals surface area contributed by atoms with Gasteiger partial charge in [-0.2, -0.15) is 0 Å². The van der Waals surface area contributed by atoms with Crippen molar-refractivity contribution >= 4 is 0 Å². The second kappa shape index (κ2) is 6.64. The summed E-state index contributed by atoms with van der Waals surface area (Å²) in [4.78, 5) is 0. The predicted octanol–water partition coefficient (Wildman–Crippen LogP) is 4.14. The zero-order valence-corrected chi connectivity index (χ0v) is 11.1. The lowest BCUT2D eigenvalue weighted by Crippen LogP contribution is -2.04. The van der Waals surface area contributed by atoms with E-state index in [1.807, 2.05) is 42.5 Å². The molecule has 2 rings (SSSR count). The minimum Gasteiger partial charge on any atom is -0.497 e. The predicted molar refractivity (Wildman–Crippen MR) is 77.2 cm³/mol. The van der Waals surface area contributed by atoms with E-state index >= 15 is 0 Å². The monoisotopic (exact) mass is 254 g/mol. The quantitative estimate of drug-likeness (QED) is 0.721. The van der Waals surface area contributed by atoms with Crippen LogP contribution in [0.1, 0.15) is 17.2 Å². The second-order valence-electron chi connectivity index (χ2n) is 4.25. The molecule has 0 saturated carbocycles. The third-order valence-electron chi connectivity index (χ3n) is 3.01. The molecule has 98 valence electrons. The Hall–Kier alpha value is -2.22. The van der Waals surface area contributed by atoms with E-state index in [0.29, 0.717) is 0 Å². The van der Waals surface area contributed by atoms with Gasteiger partial charge in [0.15, 0.2) is 0 Å². The van der Waals surface area contributed by atoms with Gasteiger partial charge in [-0.15, -0.1) is 0 Å². The van der Waals surface area contributed by atoms with Gasteiger partial charge in [0.2, 0.25) is 0 Å². The summed E-state index contributed by atoms with van der Waals surface area (Å²) < 4.78 is 10.8. The Morgan fingerprint density at radius 1 is 1.05 bits per heavy atom. The van der Waals surface area contributed by atoms with Crippen molar-refractivity contribution in [3.05, 3.63) is 78.6 Å². The fraction of sp³-hybridized carbons (Fsp3) is 0.176. The van der Waals surface area contributed by atoms with Crippen molar-refractivity contribution in [3.63, 3.8) is 0 Å². The zero-order valence-electron chi connectivity index (χ0n) is 11.1. The van der Waals surface area contributed by atoms with Gasteiger partial charge < -0.3 is 9.47 Å². The lowest BCUT2D eigenvalue weighted by Gasteiger charge is -2.17. The van der Waals surface area contributed by atoms with E-state index in [4.69, 9.17) is 9.47 Å². The van der Waals surface area contributed by atoms with Gasteiger partial charge in [-0.3, -0.25) is 0 Å². The maximum absolute atomic E-state index is 5.63. The van der Waals surface area contributed by atoms with E-state index in [-0.39, 0.29) is 6.10 Å². The van der Waals surface area contributed by atoms with Crippen molar-refractivity contribution in [2.45, 2.75) is 12.5 Å². The van der Waals surface area contributed by atoms with Crippen molar-refractivity contribution in [1.29, 1.82) is 0 Å². The molecular formula is C17H18O2. The SMILES string of the molecule is C=CO[C@@H](Cc1ccccc1)c1ccc(OC)cc1. The van der Waals surface area contributed by atoms with Crippen LogP contribution in [-0.4, -0.2) is 7.11 Å². The number of benzene rings is 2. The van der Waals surface area contributed by atoms with Crippen molar-refractivity contribution < 1.29 is 9.47 Å². The molecular weight excluding hydrogens is 236 g/mol. The Morgan fingerprint density at radius 2 is 1.74 bits per heavy atom. The molecule has 2 heteroatoms. The van der Waals surface area contributed by atoms with Gasteiger partial charge in [0.25, 0.3) is 0 Å². The van der Waals surface area contributed by atoms with Gasteiger partial charge in [0, 0.05) is 6.42 Å². The van der Waals surface area contributed by atoms with Crippen LogP contribution in [-0.2, 0) is 11.2 Å². The molecule has 0 aliphatic heterocycles. The summed E-state index contributed by atoms with van der Waals surface area (Å²) in [5, 5.41) is 0. The molecule has 0 radical (unpaired) electrons. The molecule has 0 aliphatic carbocycles. The van der Waals surface area contributed by atoms with Gasteiger partial charge in [-0.1, -0.05) is 49.0 Å². The summed E-state index contributed by atoms with van der Waals surface area (Å²) in [6.45, 7) is 3.65. The van der Waals surface area contributed by atoms with Crippen LogP contribution < -0.4 is 4.74 Å². The minimum absolute atomic E-state index is 0.0224. The molecule has 2 aromatic rings. The molecule has 0 saturated heterocycles. The number of hydrogen-bond acceptors (Lipinski definition) is 2. The molecule has 0 amide bonds. The topological polar surface area (TPSA) is 18.5 Å². The zero-order chi connectivity index (χ0) is 13.5. The lowest BCUT2D eigenvalue weighted by molar-refractivity contribution is 0.147. The number of methoxy groups -OCH3 is 1. The maximum Gasteiger partial charge on any atom is 0.127 e. The molecule has 2 aromatic carbocycles. The van der Waals surface area contributed by atoms with E-state index in [0.717, 1.165) is 17.7 Å². The molecule has 1 atom stereocenters. The van der Waals surface area contributed by atoms with Gasteiger partial charge in [0.1, 0.15) is 11.9 Å². The lowest BCUT2D eigenvalue weighted by atomic mass is 10.0. The molecule has 0 unspecified atom stereocenters. The first kappa shape index (κ1) is 13.2. The Labute approximate surface area is 114 Å².